The average molecular weight is 321 g/mol. The van der Waals surface area contributed by atoms with E-state index in [0.717, 1.165) is 24.2 Å². The lowest BCUT2D eigenvalue weighted by Crippen LogP contribution is -2.35. The molecule has 1 aliphatic carbocycles. The Hall–Kier alpha value is -1.59. The molecule has 5 heteroatoms. The van der Waals surface area contributed by atoms with Gasteiger partial charge in [-0.2, -0.15) is 0 Å². The molecule has 0 aliphatic heterocycles. The molecule has 1 fully saturated rings. The number of carbonyl (C=O) groups excluding carboxylic acids is 1. The van der Waals surface area contributed by atoms with E-state index in [1.54, 1.807) is 14.2 Å². The lowest BCUT2D eigenvalue weighted by molar-refractivity contribution is -0.174. The van der Waals surface area contributed by atoms with Gasteiger partial charge in [0.1, 0.15) is 5.75 Å². The summed E-state index contributed by atoms with van der Waals surface area (Å²) in [5.74, 6) is 0.778. The topological polar surface area (TPSA) is 48.0 Å². The number of ether oxygens (including phenoxy) is 2. The van der Waals surface area contributed by atoms with Crippen LogP contribution >= 0.6 is 0 Å². The van der Waals surface area contributed by atoms with Gasteiger partial charge in [0.2, 0.25) is 5.91 Å². The predicted octanol–water partition coefficient (Wildman–Crippen LogP) is 3.21. The van der Waals surface area contributed by atoms with Crippen LogP contribution in [-0.4, -0.2) is 39.0 Å². The van der Waals surface area contributed by atoms with Crippen LogP contribution in [0.1, 0.15) is 38.2 Å². The molecule has 0 radical (unpaired) electrons. The van der Waals surface area contributed by atoms with Gasteiger partial charge in [-0.25, -0.2) is 5.06 Å². The van der Waals surface area contributed by atoms with Crippen molar-refractivity contribution in [3.8, 4) is 5.75 Å². The van der Waals surface area contributed by atoms with E-state index >= 15 is 0 Å². The molecule has 1 saturated carbocycles. The number of rotatable bonds is 6. The molecule has 1 aromatic rings. The Kier molecular flexibility index (Phi) is 5.65. The first kappa shape index (κ1) is 17.8. The third kappa shape index (κ3) is 3.67. The monoisotopic (exact) mass is 321 g/mol. The second-order valence-electron chi connectivity index (χ2n) is 6.72. The van der Waals surface area contributed by atoms with Crippen molar-refractivity contribution in [3.05, 3.63) is 29.8 Å². The molecule has 5 nitrogen and oxygen atoms in total. The SMILES string of the molecule is COCOc1ccccc1[C@H]1[C@@H](C(=O)N(C)OC)CCC1(C)C. The minimum absolute atomic E-state index is 0.0153. The van der Waals surface area contributed by atoms with Crippen molar-refractivity contribution in [3.63, 3.8) is 0 Å². The quantitative estimate of drug-likeness (QED) is 0.596. The number of methoxy groups -OCH3 is 1. The van der Waals surface area contributed by atoms with Gasteiger partial charge < -0.3 is 9.47 Å². The Balaban J connectivity index is 2.38. The van der Waals surface area contributed by atoms with Gasteiger partial charge in [0.15, 0.2) is 6.79 Å². The molecule has 128 valence electrons. The second-order valence-corrected chi connectivity index (χ2v) is 6.72. The maximum absolute atomic E-state index is 12.7. The van der Waals surface area contributed by atoms with Gasteiger partial charge in [-0.3, -0.25) is 9.63 Å². The number of para-hydroxylation sites is 1. The molecule has 0 unspecified atom stereocenters. The molecular weight excluding hydrogens is 294 g/mol. The number of benzene rings is 1. The summed E-state index contributed by atoms with van der Waals surface area (Å²) in [6, 6.07) is 7.92. The van der Waals surface area contributed by atoms with Crippen LogP contribution in [0.3, 0.4) is 0 Å². The minimum atomic E-state index is -0.109. The van der Waals surface area contributed by atoms with Gasteiger partial charge in [0, 0.05) is 26.0 Å². The fourth-order valence-electron chi connectivity index (χ4n) is 3.61. The molecule has 1 aliphatic rings. The molecule has 0 heterocycles. The summed E-state index contributed by atoms with van der Waals surface area (Å²) in [5.41, 5.74) is 1.08. The Morgan fingerprint density at radius 1 is 1.30 bits per heavy atom. The van der Waals surface area contributed by atoms with Crippen molar-refractivity contribution in [2.45, 2.75) is 32.6 Å². The molecule has 0 spiro atoms. The highest BCUT2D eigenvalue weighted by molar-refractivity contribution is 5.79. The summed E-state index contributed by atoms with van der Waals surface area (Å²) in [6.45, 7) is 4.62. The number of nitrogens with zero attached hydrogens (tertiary/aromatic N) is 1. The van der Waals surface area contributed by atoms with E-state index in [1.165, 1.54) is 12.2 Å². The maximum Gasteiger partial charge on any atom is 0.249 e. The fourth-order valence-corrected chi connectivity index (χ4v) is 3.61. The molecule has 2 rings (SSSR count). The number of hydroxylamine groups is 2. The molecule has 0 N–H and O–H groups in total. The third-order valence-corrected chi connectivity index (χ3v) is 4.83. The number of hydrogen-bond acceptors (Lipinski definition) is 4. The van der Waals surface area contributed by atoms with Crippen molar-refractivity contribution in [2.24, 2.45) is 11.3 Å². The normalized spacial score (nSPS) is 22.8. The Labute approximate surface area is 138 Å². The van der Waals surface area contributed by atoms with E-state index in [9.17, 15) is 4.79 Å². The molecule has 2 atom stereocenters. The largest absolute Gasteiger partial charge is 0.467 e. The Morgan fingerprint density at radius 3 is 2.65 bits per heavy atom. The Bertz CT molecular complexity index is 544. The minimum Gasteiger partial charge on any atom is -0.467 e. The highest BCUT2D eigenvalue weighted by Crippen LogP contribution is 2.54. The zero-order valence-electron chi connectivity index (χ0n) is 14.7. The standard InChI is InChI=1S/C18H27NO4/c1-18(2)11-10-14(17(20)19(3)22-5)16(18)13-8-6-7-9-15(13)23-12-21-4/h6-9,14,16H,10-12H2,1-5H3/t14-,16-/m0/s1. The van der Waals surface area contributed by atoms with Gasteiger partial charge in [-0.1, -0.05) is 32.0 Å². The highest BCUT2D eigenvalue weighted by atomic mass is 16.7. The van der Waals surface area contributed by atoms with Crippen LogP contribution in [0.2, 0.25) is 0 Å². The van der Waals surface area contributed by atoms with Gasteiger partial charge in [-0.15, -0.1) is 0 Å². The zero-order valence-corrected chi connectivity index (χ0v) is 14.7. The summed E-state index contributed by atoms with van der Waals surface area (Å²) in [7, 11) is 4.78. The molecule has 0 aromatic heterocycles. The fraction of sp³-hybridized carbons (Fsp3) is 0.611. The van der Waals surface area contributed by atoms with Gasteiger partial charge in [0.25, 0.3) is 0 Å². The van der Waals surface area contributed by atoms with E-state index in [0.29, 0.717) is 0 Å². The summed E-state index contributed by atoms with van der Waals surface area (Å²) < 4.78 is 10.8. The molecule has 23 heavy (non-hydrogen) atoms. The van der Waals surface area contributed by atoms with Crippen molar-refractivity contribution < 1.29 is 19.1 Å². The van der Waals surface area contributed by atoms with Crippen LogP contribution in [0, 0.1) is 11.3 Å². The number of carbonyl (C=O) groups is 1. The molecule has 1 amide bonds. The van der Waals surface area contributed by atoms with Gasteiger partial charge in [-0.05, 0) is 29.9 Å². The van der Waals surface area contributed by atoms with Crippen molar-refractivity contribution in [1.82, 2.24) is 5.06 Å². The van der Waals surface area contributed by atoms with Crippen molar-refractivity contribution in [1.29, 1.82) is 0 Å². The van der Waals surface area contributed by atoms with E-state index in [1.807, 2.05) is 18.2 Å². The average Bonchev–Trinajstić information content (AvgIpc) is 2.86. The first-order chi connectivity index (χ1) is 10.9. The lowest BCUT2D eigenvalue weighted by Gasteiger charge is -2.33. The summed E-state index contributed by atoms with van der Waals surface area (Å²) >= 11 is 0. The van der Waals surface area contributed by atoms with Crippen molar-refractivity contribution in [2.75, 3.05) is 28.1 Å². The summed E-state index contributed by atoms with van der Waals surface area (Å²) in [4.78, 5) is 17.8. The first-order valence-corrected chi connectivity index (χ1v) is 7.94. The van der Waals surface area contributed by atoms with Gasteiger partial charge in [0.05, 0.1) is 7.11 Å². The van der Waals surface area contributed by atoms with Crippen LogP contribution < -0.4 is 4.74 Å². The molecule has 1 aromatic carbocycles. The second kappa shape index (κ2) is 7.32. The summed E-state index contributed by atoms with van der Waals surface area (Å²) in [5, 5.41) is 1.33. The van der Waals surface area contributed by atoms with E-state index < -0.39 is 0 Å². The van der Waals surface area contributed by atoms with Crippen LogP contribution in [0.4, 0.5) is 0 Å². The van der Waals surface area contributed by atoms with Crippen LogP contribution in [0.15, 0.2) is 24.3 Å². The Morgan fingerprint density at radius 2 is 2.00 bits per heavy atom. The first-order valence-electron chi connectivity index (χ1n) is 7.94. The highest BCUT2D eigenvalue weighted by Gasteiger charge is 2.47. The molecular formula is C18H27NO4. The molecule has 0 saturated heterocycles. The number of amides is 1. The maximum atomic E-state index is 12.7. The smallest absolute Gasteiger partial charge is 0.249 e. The lowest BCUT2D eigenvalue weighted by atomic mass is 9.74. The van der Waals surface area contributed by atoms with E-state index in [-0.39, 0.29) is 30.0 Å². The van der Waals surface area contributed by atoms with Crippen LogP contribution in [0.5, 0.6) is 5.75 Å². The third-order valence-electron chi connectivity index (χ3n) is 4.83. The van der Waals surface area contributed by atoms with Crippen LogP contribution in [-0.2, 0) is 14.4 Å². The van der Waals surface area contributed by atoms with Gasteiger partial charge >= 0.3 is 0 Å². The summed E-state index contributed by atoms with van der Waals surface area (Å²) in [6.07, 6.45) is 1.84. The van der Waals surface area contributed by atoms with Crippen molar-refractivity contribution >= 4 is 5.91 Å². The zero-order chi connectivity index (χ0) is 17.0. The molecule has 0 bridgehead atoms. The predicted molar refractivity (Wildman–Crippen MR) is 88.0 cm³/mol. The number of hydrogen-bond donors (Lipinski definition) is 0. The van der Waals surface area contributed by atoms with Crippen LogP contribution in [0.25, 0.3) is 0 Å². The van der Waals surface area contributed by atoms with E-state index in [2.05, 4.69) is 19.9 Å². The van der Waals surface area contributed by atoms with E-state index in [4.69, 9.17) is 14.3 Å².